The molecule has 8 nitrogen and oxygen atoms in total. The second-order valence-corrected chi connectivity index (χ2v) is 4.72. The Labute approximate surface area is 98.2 Å². The van der Waals surface area contributed by atoms with Gasteiger partial charge in [-0.2, -0.15) is 0 Å². The third-order valence-corrected chi connectivity index (χ3v) is 2.26. The number of nitrogens with one attached hydrogen (secondary N) is 2. The predicted octanol–water partition coefficient (Wildman–Crippen LogP) is -0.807. The number of alkyl carbamates (subject to hydrolysis) is 1. The summed E-state index contributed by atoms with van der Waals surface area (Å²) < 4.78 is 14.9. The highest BCUT2D eigenvalue weighted by Gasteiger charge is 2.13. The molecule has 0 spiro atoms. The Balaban J connectivity index is 3.51. The van der Waals surface area contributed by atoms with Crippen molar-refractivity contribution in [2.45, 2.75) is 0 Å². The molecule has 0 rings (SSSR count). The van der Waals surface area contributed by atoms with Crippen molar-refractivity contribution in [2.75, 3.05) is 25.9 Å². The minimum atomic E-state index is -4.14. The van der Waals surface area contributed by atoms with Gasteiger partial charge in [-0.3, -0.25) is 9.36 Å². The van der Waals surface area contributed by atoms with E-state index in [1.807, 2.05) is 0 Å². The van der Waals surface area contributed by atoms with E-state index < -0.39 is 19.9 Å². The molecule has 0 aliphatic rings. The lowest BCUT2D eigenvalue weighted by atomic mass is 10.5. The zero-order valence-corrected chi connectivity index (χ0v) is 9.98. The summed E-state index contributed by atoms with van der Waals surface area (Å²) in [6.45, 7) is 3.23. The molecule has 98 valence electrons. The monoisotopic (exact) mass is 266 g/mol. The van der Waals surface area contributed by atoms with Crippen LogP contribution < -0.4 is 10.6 Å². The molecule has 0 aromatic rings. The second-order valence-electron chi connectivity index (χ2n) is 2.95. The minimum absolute atomic E-state index is 0.147. The average Bonchev–Trinajstić information content (AvgIpc) is 2.22. The van der Waals surface area contributed by atoms with Gasteiger partial charge < -0.3 is 25.2 Å². The van der Waals surface area contributed by atoms with Gasteiger partial charge in [0.2, 0.25) is 5.91 Å². The van der Waals surface area contributed by atoms with Gasteiger partial charge in [-0.25, -0.2) is 4.79 Å². The van der Waals surface area contributed by atoms with Crippen LogP contribution in [0.25, 0.3) is 0 Å². The van der Waals surface area contributed by atoms with Crippen molar-refractivity contribution in [3.63, 3.8) is 0 Å². The van der Waals surface area contributed by atoms with E-state index >= 15 is 0 Å². The van der Waals surface area contributed by atoms with Crippen LogP contribution in [-0.4, -0.2) is 47.6 Å². The van der Waals surface area contributed by atoms with E-state index in [-0.39, 0.29) is 25.6 Å². The molecule has 2 amide bonds. The van der Waals surface area contributed by atoms with E-state index in [9.17, 15) is 14.2 Å². The fraction of sp³-hybridized carbons (Fsp3) is 0.500. The molecule has 0 unspecified atom stereocenters. The number of hydrogen-bond donors (Lipinski definition) is 4. The lowest BCUT2D eigenvalue weighted by molar-refractivity contribution is -0.116. The van der Waals surface area contributed by atoms with Crippen LogP contribution in [0, 0.1) is 0 Å². The van der Waals surface area contributed by atoms with Crippen LogP contribution in [0.3, 0.4) is 0 Å². The van der Waals surface area contributed by atoms with Crippen molar-refractivity contribution in [3.05, 3.63) is 12.7 Å². The molecular weight excluding hydrogens is 251 g/mol. The summed E-state index contributed by atoms with van der Waals surface area (Å²) in [5.74, 6) is -0.360. The standard InChI is InChI=1S/C8H15N2O6P/c1-2-7(11)9-3-4-10-8(12)16-5-6-17(13,14)15/h2H,1,3-6H2,(H,9,11)(H,10,12)(H2,13,14,15). The Kier molecular flexibility index (Phi) is 7.20. The van der Waals surface area contributed by atoms with E-state index in [0.29, 0.717) is 0 Å². The van der Waals surface area contributed by atoms with Gasteiger partial charge in [0.25, 0.3) is 0 Å². The zero-order chi connectivity index (χ0) is 13.3. The summed E-state index contributed by atoms with van der Waals surface area (Å²) in [7, 11) is -4.14. The van der Waals surface area contributed by atoms with Crippen LogP contribution in [0.5, 0.6) is 0 Å². The number of rotatable bonds is 7. The quantitative estimate of drug-likeness (QED) is 0.271. The Morgan fingerprint density at radius 1 is 1.29 bits per heavy atom. The third kappa shape index (κ3) is 10.9. The number of carbonyl (C=O) groups is 2. The van der Waals surface area contributed by atoms with E-state index in [2.05, 4.69) is 21.9 Å². The molecule has 4 N–H and O–H groups in total. The van der Waals surface area contributed by atoms with E-state index in [1.54, 1.807) is 0 Å². The number of ether oxygens (including phenoxy) is 1. The van der Waals surface area contributed by atoms with Crippen molar-refractivity contribution >= 4 is 19.6 Å². The molecule has 0 saturated heterocycles. The fourth-order valence-corrected chi connectivity index (χ4v) is 1.06. The molecule has 0 heterocycles. The summed E-state index contributed by atoms with van der Waals surface area (Å²) in [6, 6.07) is 0. The minimum Gasteiger partial charge on any atom is -0.449 e. The predicted molar refractivity (Wildman–Crippen MR) is 59.5 cm³/mol. The molecule has 0 saturated carbocycles. The van der Waals surface area contributed by atoms with Gasteiger partial charge in [-0.1, -0.05) is 6.58 Å². The van der Waals surface area contributed by atoms with Crippen molar-refractivity contribution in [1.82, 2.24) is 10.6 Å². The highest BCUT2D eigenvalue weighted by Crippen LogP contribution is 2.33. The summed E-state index contributed by atoms with van der Waals surface area (Å²) in [5, 5.41) is 4.70. The van der Waals surface area contributed by atoms with Crippen LogP contribution in [0.15, 0.2) is 12.7 Å². The molecule has 0 radical (unpaired) electrons. The first kappa shape index (κ1) is 15.6. The molecule has 0 aromatic carbocycles. The molecule has 17 heavy (non-hydrogen) atoms. The van der Waals surface area contributed by atoms with Gasteiger partial charge in [0.1, 0.15) is 6.61 Å². The molecule has 0 fully saturated rings. The van der Waals surface area contributed by atoms with Gasteiger partial charge in [0.15, 0.2) is 0 Å². The van der Waals surface area contributed by atoms with Gasteiger partial charge in [-0.15, -0.1) is 0 Å². The summed E-state index contributed by atoms with van der Waals surface area (Å²) in [6.07, 6.45) is -0.224. The molecular formula is C8H15N2O6P. The molecule has 0 atom stereocenters. The van der Waals surface area contributed by atoms with E-state index in [4.69, 9.17) is 9.79 Å². The third-order valence-electron chi connectivity index (χ3n) is 1.49. The first-order valence-corrected chi connectivity index (χ1v) is 6.50. The lowest BCUT2D eigenvalue weighted by Crippen LogP contribution is -2.34. The Bertz CT molecular complexity index is 326. The van der Waals surface area contributed by atoms with Gasteiger partial charge in [-0.05, 0) is 6.08 Å². The fourth-order valence-electron chi connectivity index (χ4n) is 0.731. The first-order chi connectivity index (χ1) is 7.85. The average molecular weight is 266 g/mol. The number of hydrogen-bond acceptors (Lipinski definition) is 4. The van der Waals surface area contributed by atoms with Crippen LogP contribution in [0.4, 0.5) is 4.79 Å². The molecule has 0 bridgehead atoms. The largest absolute Gasteiger partial charge is 0.449 e. The Hall–Kier alpha value is -1.37. The second kappa shape index (κ2) is 7.83. The number of carbonyl (C=O) groups excluding carboxylic acids is 2. The van der Waals surface area contributed by atoms with Crippen molar-refractivity contribution < 1.29 is 28.7 Å². The Morgan fingerprint density at radius 3 is 2.41 bits per heavy atom. The topological polar surface area (TPSA) is 125 Å². The summed E-state index contributed by atoms with van der Waals surface area (Å²) in [5.41, 5.74) is 0. The van der Waals surface area contributed by atoms with Gasteiger partial charge >= 0.3 is 13.7 Å². The van der Waals surface area contributed by atoms with Crippen LogP contribution in [0.1, 0.15) is 0 Å². The molecule has 0 aromatic heterocycles. The van der Waals surface area contributed by atoms with E-state index in [1.165, 1.54) is 0 Å². The highest BCUT2D eigenvalue weighted by atomic mass is 31.2. The smallest absolute Gasteiger partial charge is 0.407 e. The molecule has 0 aliphatic carbocycles. The Morgan fingerprint density at radius 2 is 1.88 bits per heavy atom. The normalized spacial score (nSPS) is 10.5. The first-order valence-electron chi connectivity index (χ1n) is 4.70. The van der Waals surface area contributed by atoms with Crippen LogP contribution in [-0.2, 0) is 14.1 Å². The van der Waals surface area contributed by atoms with Crippen molar-refractivity contribution in [1.29, 1.82) is 0 Å². The SMILES string of the molecule is C=CC(=O)NCCNC(=O)OCCP(=O)(O)O. The van der Waals surface area contributed by atoms with Crippen molar-refractivity contribution in [3.8, 4) is 0 Å². The zero-order valence-electron chi connectivity index (χ0n) is 9.09. The molecule has 9 heteroatoms. The highest BCUT2D eigenvalue weighted by molar-refractivity contribution is 7.51. The maximum absolute atomic E-state index is 10.9. The van der Waals surface area contributed by atoms with Crippen molar-refractivity contribution in [2.24, 2.45) is 0 Å². The number of amides is 2. The maximum Gasteiger partial charge on any atom is 0.407 e. The van der Waals surface area contributed by atoms with Crippen LogP contribution in [0.2, 0.25) is 0 Å². The summed E-state index contributed by atoms with van der Waals surface area (Å²) >= 11 is 0. The van der Waals surface area contributed by atoms with Crippen LogP contribution >= 0.6 is 7.60 Å². The van der Waals surface area contributed by atoms with Gasteiger partial charge in [0.05, 0.1) is 6.16 Å². The molecule has 0 aliphatic heterocycles. The van der Waals surface area contributed by atoms with E-state index in [0.717, 1.165) is 6.08 Å². The van der Waals surface area contributed by atoms with Gasteiger partial charge in [0, 0.05) is 13.1 Å². The summed E-state index contributed by atoms with van der Waals surface area (Å²) in [4.78, 5) is 38.6. The maximum atomic E-state index is 10.9. The lowest BCUT2D eigenvalue weighted by Gasteiger charge is -2.07.